The van der Waals surface area contributed by atoms with Gasteiger partial charge < -0.3 is 15.5 Å². The molecule has 122 valence electrons. The Morgan fingerprint density at radius 2 is 1.62 bits per heavy atom. The lowest BCUT2D eigenvalue weighted by molar-refractivity contribution is -0.134. The van der Waals surface area contributed by atoms with Crippen molar-refractivity contribution in [3.05, 3.63) is 0 Å². The maximum Gasteiger partial charge on any atom is 0.239 e. The first kappa shape index (κ1) is 18.2. The number of carbonyl (C=O) groups is 2. The van der Waals surface area contributed by atoms with E-state index >= 15 is 0 Å². The van der Waals surface area contributed by atoms with Crippen molar-refractivity contribution < 1.29 is 9.59 Å². The summed E-state index contributed by atoms with van der Waals surface area (Å²) in [5.41, 5.74) is 5.65. The van der Waals surface area contributed by atoms with Crippen molar-refractivity contribution in [3.8, 4) is 0 Å². The highest BCUT2D eigenvalue weighted by Crippen LogP contribution is 2.28. The van der Waals surface area contributed by atoms with Gasteiger partial charge in [0, 0.05) is 32.6 Å². The monoisotopic (exact) mass is 317 g/mol. The van der Waals surface area contributed by atoms with Gasteiger partial charge in [0.15, 0.2) is 0 Å². The molecule has 0 unspecified atom stereocenters. The highest BCUT2D eigenvalue weighted by atomic mass is 35.5. The van der Waals surface area contributed by atoms with Gasteiger partial charge in [0.25, 0.3) is 0 Å². The van der Waals surface area contributed by atoms with E-state index in [0.29, 0.717) is 32.0 Å². The van der Waals surface area contributed by atoms with Gasteiger partial charge in [0.1, 0.15) is 0 Å². The van der Waals surface area contributed by atoms with Crippen LogP contribution in [0.25, 0.3) is 0 Å². The van der Waals surface area contributed by atoms with Gasteiger partial charge in [-0.3, -0.25) is 9.59 Å². The summed E-state index contributed by atoms with van der Waals surface area (Å²) < 4.78 is 0. The highest BCUT2D eigenvalue weighted by Gasteiger charge is 2.25. The minimum Gasteiger partial charge on any atom is -0.341 e. The molecule has 0 bridgehead atoms. The smallest absolute Gasteiger partial charge is 0.239 e. The van der Waals surface area contributed by atoms with Gasteiger partial charge >= 0.3 is 0 Å². The van der Waals surface area contributed by atoms with Crippen molar-refractivity contribution in [3.63, 3.8) is 0 Å². The third-order valence-corrected chi connectivity index (χ3v) is 4.49. The summed E-state index contributed by atoms with van der Waals surface area (Å²) in [5.74, 6) is 0.856. The summed E-state index contributed by atoms with van der Waals surface area (Å²) in [5, 5.41) is 0. The van der Waals surface area contributed by atoms with E-state index in [1.807, 2.05) is 4.90 Å². The quantitative estimate of drug-likeness (QED) is 0.855. The van der Waals surface area contributed by atoms with Crippen LogP contribution in [-0.2, 0) is 9.59 Å². The van der Waals surface area contributed by atoms with Gasteiger partial charge in [-0.2, -0.15) is 0 Å². The first-order valence-corrected chi connectivity index (χ1v) is 7.90. The lowest BCUT2D eigenvalue weighted by Gasteiger charge is -2.24. The molecule has 1 saturated heterocycles. The Morgan fingerprint density at radius 1 is 1.05 bits per heavy atom. The molecule has 0 radical (unpaired) electrons. The third kappa shape index (κ3) is 5.15. The van der Waals surface area contributed by atoms with Gasteiger partial charge in [-0.05, 0) is 32.1 Å². The van der Waals surface area contributed by atoms with Crippen molar-refractivity contribution in [1.82, 2.24) is 9.80 Å². The fourth-order valence-corrected chi connectivity index (χ4v) is 3.27. The molecule has 2 rings (SSSR count). The molecule has 0 aromatic rings. The predicted molar refractivity (Wildman–Crippen MR) is 85.2 cm³/mol. The Bertz CT molecular complexity index is 357. The summed E-state index contributed by atoms with van der Waals surface area (Å²) in [6.07, 6.45) is 6.50. The van der Waals surface area contributed by atoms with Crippen LogP contribution in [0.15, 0.2) is 0 Å². The first-order chi connectivity index (χ1) is 9.58. The Hall–Kier alpha value is -0.810. The van der Waals surface area contributed by atoms with Crippen LogP contribution in [0.1, 0.15) is 45.4 Å². The molecule has 5 nitrogen and oxygen atoms in total. The van der Waals surface area contributed by atoms with Gasteiger partial charge in [-0.15, -0.1) is 12.4 Å². The number of amides is 2. The van der Waals surface area contributed by atoms with Crippen molar-refractivity contribution in [1.29, 1.82) is 0 Å². The summed E-state index contributed by atoms with van der Waals surface area (Å²) >= 11 is 0. The normalized spacial score (nSPS) is 21.6. The molecule has 0 aromatic carbocycles. The van der Waals surface area contributed by atoms with Crippen molar-refractivity contribution in [2.75, 3.05) is 26.2 Å². The van der Waals surface area contributed by atoms with E-state index < -0.39 is 6.04 Å². The molecule has 1 aliphatic heterocycles. The van der Waals surface area contributed by atoms with E-state index in [0.717, 1.165) is 13.0 Å². The Kier molecular flexibility index (Phi) is 7.46. The number of hydrogen-bond donors (Lipinski definition) is 1. The van der Waals surface area contributed by atoms with Crippen LogP contribution in [0.5, 0.6) is 0 Å². The Morgan fingerprint density at radius 3 is 2.24 bits per heavy atom. The number of nitrogens with two attached hydrogens (primary N) is 1. The van der Waals surface area contributed by atoms with Crippen LogP contribution in [0.2, 0.25) is 0 Å². The molecule has 1 atom stereocenters. The first-order valence-electron chi connectivity index (χ1n) is 7.90. The molecular formula is C15H28ClN3O2. The van der Waals surface area contributed by atoms with E-state index in [9.17, 15) is 9.59 Å². The molecule has 0 spiro atoms. The number of nitrogens with zero attached hydrogens (tertiary/aromatic N) is 2. The summed E-state index contributed by atoms with van der Waals surface area (Å²) in [7, 11) is 0. The summed E-state index contributed by atoms with van der Waals surface area (Å²) in [6, 6.07) is -0.448. The summed E-state index contributed by atoms with van der Waals surface area (Å²) in [4.78, 5) is 28.0. The maximum atomic E-state index is 12.3. The zero-order valence-corrected chi connectivity index (χ0v) is 13.7. The van der Waals surface area contributed by atoms with Crippen molar-refractivity contribution in [2.45, 2.75) is 51.5 Å². The topological polar surface area (TPSA) is 66.6 Å². The number of hydrogen-bond acceptors (Lipinski definition) is 3. The lowest BCUT2D eigenvalue weighted by Crippen LogP contribution is -2.44. The predicted octanol–water partition coefficient (Wildman–Crippen LogP) is 1.40. The zero-order valence-electron chi connectivity index (χ0n) is 12.9. The van der Waals surface area contributed by atoms with Gasteiger partial charge in [-0.1, -0.05) is 12.8 Å². The average Bonchev–Trinajstić information content (AvgIpc) is 2.79. The third-order valence-electron chi connectivity index (χ3n) is 4.49. The van der Waals surface area contributed by atoms with E-state index in [-0.39, 0.29) is 24.2 Å². The summed E-state index contributed by atoms with van der Waals surface area (Å²) in [6.45, 7) is 4.49. The lowest BCUT2D eigenvalue weighted by atomic mass is 10.0. The minimum atomic E-state index is -0.448. The molecule has 1 aliphatic carbocycles. The second-order valence-electron chi connectivity index (χ2n) is 6.20. The fraction of sp³-hybridized carbons (Fsp3) is 0.867. The number of carbonyl (C=O) groups excluding carboxylic acids is 2. The highest BCUT2D eigenvalue weighted by molar-refractivity contribution is 5.85. The largest absolute Gasteiger partial charge is 0.341 e. The van der Waals surface area contributed by atoms with Crippen molar-refractivity contribution >= 4 is 24.2 Å². The van der Waals surface area contributed by atoms with E-state index in [2.05, 4.69) is 0 Å². The number of halogens is 1. The second kappa shape index (κ2) is 8.59. The molecule has 2 N–H and O–H groups in total. The van der Waals surface area contributed by atoms with Crippen LogP contribution < -0.4 is 5.73 Å². The molecule has 1 saturated carbocycles. The Balaban J connectivity index is 0.00000220. The van der Waals surface area contributed by atoms with Gasteiger partial charge in [0.2, 0.25) is 11.8 Å². The van der Waals surface area contributed by atoms with Crippen LogP contribution in [-0.4, -0.2) is 53.8 Å². The molecule has 2 aliphatic rings. The molecule has 21 heavy (non-hydrogen) atoms. The SMILES string of the molecule is C[C@@H](N)C(=O)N1CCCN(C(=O)CC2CCCC2)CC1.Cl. The second-order valence-corrected chi connectivity index (χ2v) is 6.20. The van der Waals surface area contributed by atoms with Gasteiger partial charge in [-0.25, -0.2) is 0 Å². The van der Waals surface area contributed by atoms with Crippen LogP contribution in [0.3, 0.4) is 0 Å². The van der Waals surface area contributed by atoms with Crippen LogP contribution in [0.4, 0.5) is 0 Å². The Labute approximate surface area is 133 Å². The fourth-order valence-electron chi connectivity index (χ4n) is 3.27. The number of rotatable bonds is 3. The molecule has 2 fully saturated rings. The zero-order chi connectivity index (χ0) is 14.5. The van der Waals surface area contributed by atoms with E-state index in [1.54, 1.807) is 11.8 Å². The molecule has 0 aromatic heterocycles. The van der Waals surface area contributed by atoms with E-state index in [4.69, 9.17) is 5.73 Å². The maximum absolute atomic E-state index is 12.3. The average molecular weight is 318 g/mol. The van der Waals surface area contributed by atoms with Crippen molar-refractivity contribution in [2.24, 2.45) is 11.7 Å². The van der Waals surface area contributed by atoms with Crippen LogP contribution >= 0.6 is 12.4 Å². The van der Waals surface area contributed by atoms with Gasteiger partial charge in [0.05, 0.1) is 6.04 Å². The molecule has 2 amide bonds. The minimum absolute atomic E-state index is 0. The van der Waals surface area contributed by atoms with E-state index in [1.165, 1.54) is 25.7 Å². The molecule has 6 heteroatoms. The standard InChI is InChI=1S/C15H27N3O2.ClH/c1-12(16)15(20)18-8-4-7-17(9-10-18)14(19)11-13-5-2-3-6-13;/h12-13H,2-11,16H2,1H3;1H/t12-;/m1./s1. The molecular weight excluding hydrogens is 290 g/mol. The molecule has 1 heterocycles. The van der Waals surface area contributed by atoms with Crippen LogP contribution in [0, 0.1) is 5.92 Å².